The lowest BCUT2D eigenvalue weighted by molar-refractivity contribution is -0.137. The monoisotopic (exact) mass is 386 g/mol. The molecule has 1 aromatic heterocycles. The maximum Gasteiger partial charge on any atom is 0.242 e. The molecule has 8 heteroatoms. The Hall–Kier alpha value is -2.37. The minimum absolute atomic E-state index is 0.0304. The fourth-order valence-electron chi connectivity index (χ4n) is 4.44. The number of nitriles is 1. The minimum atomic E-state index is -3.13. The summed E-state index contributed by atoms with van der Waals surface area (Å²) in [5.74, 6) is 0.0495. The van der Waals surface area contributed by atoms with Gasteiger partial charge in [-0.05, 0) is 20.0 Å². The lowest BCUT2D eigenvalue weighted by Crippen LogP contribution is -2.59. The second-order valence-electron chi connectivity index (χ2n) is 7.45. The van der Waals surface area contributed by atoms with Crippen molar-refractivity contribution in [2.45, 2.75) is 25.6 Å². The Kier molecular flexibility index (Phi) is 4.24. The molecule has 4 rings (SSSR count). The average Bonchev–Trinajstić information content (AvgIpc) is 3.09. The third kappa shape index (κ3) is 2.91. The molecule has 0 saturated carbocycles. The van der Waals surface area contributed by atoms with Gasteiger partial charge in [-0.25, -0.2) is 8.42 Å². The molecule has 27 heavy (non-hydrogen) atoms. The van der Waals surface area contributed by atoms with Crippen molar-refractivity contribution in [1.82, 2.24) is 14.4 Å². The van der Waals surface area contributed by atoms with E-state index in [0.717, 1.165) is 16.6 Å². The Balaban J connectivity index is 1.66. The Morgan fingerprint density at radius 2 is 1.93 bits per heavy atom. The largest absolute Gasteiger partial charge is 0.334 e. The van der Waals surface area contributed by atoms with Crippen LogP contribution in [0.2, 0.25) is 0 Å². The van der Waals surface area contributed by atoms with Crippen molar-refractivity contribution < 1.29 is 13.2 Å². The number of para-hydroxylation sites is 1. The molecular formula is C19H22N4O3S. The Morgan fingerprint density at radius 3 is 2.67 bits per heavy atom. The van der Waals surface area contributed by atoms with E-state index in [0.29, 0.717) is 18.7 Å². The molecule has 1 aromatic carbocycles. The number of aromatic nitrogens is 1. The lowest BCUT2D eigenvalue weighted by atomic mass is 10.1. The van der Waals surface area contributed by atoms with E-state index in [-0.39, 0.29) is 36.0 Å². The summed E-state index contributed by atoms with van der Waals surface area (Å²) < 4.78 is 26.1. The first-order valence-corrected chi connectivity index (χ1v) is 10.8. The first kappa shape index (κ1) is 18.0. The second-order valence-corrected chi connectivity index (χ2v) is 9.61. The van der Waals surface area contributed by atoms with Crippen molar-refractivity contribution in [2.75, 3.05) is 31.6 Å². The summed E-state index contributed by atoms with van der Waals surface area (Å²) in [6.07, 6.45) is 0. The van der Waals surface area contributed by atoms with E-state index in [1.807, 2.05) is 47.7 Å². The fourth-order valence-corrected chi connectivity index (χ4v) is 6.49. The molecule has 2 saturated heterocycles. The van der Waals surface area contributed by atoms with Gasteiger partial charge in [0.05, 0.1) is 28.6 Å². The number of amides is 1. The van der Waals surface area contributed by atoms with Gasteiger partial charge in [0.2, 0.25) is 5.91 Å². The smallest absolute Gasteiger partial charge is 0.242 e. The van der Waals surface area contributed by atoms with Crippen LogP contribution < -0.4 is 0 Å². The molecule has 0 spiro atoms. The van der Waals surface area contributed by atoms with Gasteiger partial charge in [0.25, 0.3) is 0 Å². The summed E-state index contributed by atoms with van der Waals surface area (Å²) in [6.45, 7) is 3.15. The molecule has 0 unspecified atom stereocenters. The Bertz CT molecular complexity index is 1070. The van der Waals surface area contributed by atoms with Gasteiger partial charge in [-0.3, -0.25) is 9.69 Å². The van der Waals surface area contributed by atoms with Crippen molar-refractivity contribution >= 4 is 26.6 Å². The molecule has 2 atom stereocenters. The summed E-state index contributed by atoms with van der Waals surface area (Å²) in [5.41, 5.74) is 2.19. The third-order valence-corrected chi connectivity index (χ3v) is 7.61. The predicted molar refractivity (Wildman–Crippen MR) is 102 cm³/mol. The molecule has 0 N–H and O–H groups in total. The highest BCUT2D eigenvalue weighted by molar-refractivity contribution is 7.91. The maximum atomic E-state index is 13.1. The zero-order valence-corrected chi connectivity index (χ0v) is 16.2. The lowest BCUT2D eigenvalue weighted by Gasteiger charge is -2.42. The Labute approximate surface area is 158 Å². The highest BCUT2D eigenvalue weighted by Crippen LogP contribution is 2.28. The van der Waals surface area contributed by atoms with E-state index < -0.39 is 9.84 Å². The molecule has 1 amide bonds. The van der Waals surface area contributed by atoms with Crippen molar-refractivity contribution in [3.63, 3.8) is 0 Å². The molecule has 7 nitrogen and oxygen atoms in total. The van der Waals surface area contributed by atoms with Crippen LogP contribution in [0, 0.1) is 18.3 Å². The number of carbonyl (C=O) groups excluding carboxylic acids is 1. The van der Waals surface area contributed by atoms with Gasteiger partial charge in [-0.15, -0.1) is 0 Å². The number of nitrogens with zero attached hydrogens (tertiary/aromatic N) is 4. The van der Waals surface area contributed by atoms with Gasteiger partial charge in [0, 0.05) is 30.2 Å². The average molecular weight is 386 g/mol. The molecule has 2 aliphatic heterocycles. The topological polar surface area (TPSA) is 86.4 Å². The number of hydrogen-bond acceptors (Lipinski definition) is 5. The molecule has 3 heterocycles. The SMILES string of the molecule is Cc1c(C#N)c2ccccc2n1CC(=O)N1CCN(C)[C@@H]2CS(=O)(=O)C[C@@H]21. The molecule has 0 bridgehead atoms. The summed E-state index contributed by atoms with van der Waals surface area (Å²) in [4.78, 5) is 16.9. The summed E-state index contributed by atoms with van der Waals surface area (Å²) in [7, 11) is -1.21. The molecule has 0 radical (unpaired) electrons. The van der Waals surface area contributed by atoms with Crippen LogP contribution in [0.25, 0.3) is 10.9 Å². The van der Waals surface area contributed by atoms with Gasteiger partial charge in [-0.2, -0.15) is 5.26 Å². The number of carbonyl (C=O) groups is 1. The molecule has 2 aromatic rings. The highest BCUT2D eigenvalue weighted by Gasteiger charge is 2.46. The van der Waals surface area contributed by atoms with E-state index in [4.69, 9.17) is 0 Å². The quantitative estimate of drug-likeness (QED) is 0.761. The van der Waals surface area contributed by atoms with Gasteiger partial charge in [-0.1, -0.05) is 18.2 Å². The fraction of sp³-hybridized carbons (Fsp3) is 0.474. The zero-order valence-electron chi connectivity index (χ0n) is 15.4. The summed E-state index contributed by atoms with van der Waals surface area (Å²) in [6, 6.07) is 9.36. The van der Waals surface area contributed by atoms with Gasteiger partial charge < -0.3 is 9.47 Å². The number of fused-ring (bicyclic) bond motifs is 2. The standard InChI is InChI=1S/C19H22N4O3S/c1-13-15(9-20)14-5-3-4-6-16(14)23(13)10-19(24)22-8-7-21(2)17-11-27(25,26)12-18(17)22/h3-6,17-18H,7-8,10-12H2,1-2H3/t17-,18+/m1/s1. The first-order chi connectivity index (χ1) is 12.8. The Morgan fingerprint density at radius 1 is 1.22 bits per heavy atom. The van der Waals surface area contributed by atoms with Gasteiger partial charge in [0.15, 0.2) is 9.84 Å². The maximum absolute atomic E-state index is 13.1. The predicted octanol–water partition coefficient (Wildman–Crippen LogP) is 0.761. The molecule has 0 aliphatic carbocycles. The molecule has 2 fully saturated rings. The number of sulfone groups is 1. The van der Waals surface area contributed by atoms with Crippen molar-refractivity contribution in [3.8, 4) is 6.07 Å². The number of piperazine rings is 1. The van der Waals surface area contributed by atoms with Gasteiger partial charge >= 0.3 is 0 Å². The van der Waals surface area contributed by atoms with Crippen LogP contribution in [-0.4, -0.2) is 72.4 Å². The van der Waals surface area contributed by atoms with Crippen LogP contribution in [0.1, 0.15) is 11.3 Å². The number of hydrogen-bond donors (Lipinski definition) is 0. The van der Waals surface area contributed by atoms with Crippen LogP contribution in [0.5, 0.6) is 0 Å². The second kappa shape index (κ2) is 6.36. The van der Waals surface area contributed by atoms with E-state index in [1.165, 1.54) is 0 Å². The molecule has 142 valence electrons. The highest BCUT2D eigenvalue weighted by atomic mass is 32.2. The van der Waals surface area contributed by atoms with Crippen molar-refractivity contribution in [2.24, 2.45) is 0 Å². The first-order valence-electron chi connectivity index (χ1n) is 9.00. The summed E-state index contributed by atoms with van der Waals surface area (Å²) in [5, 5.41) is 10.3. The van der Waals surface area contributed by atoms with Crippen LogP contribution >= 0.6 is 0 Å². The number of benzene rings is 1. The van der Waals surface area contributed by atoms with E-state index in [9.17, 15) is 18.5 Å². The van der Waals surface area contributed by atoms with Gasteiger partial charge in [0.1, 0.15) is 12.6 Å². The normalized spacial score (nSPS) is 24.7. The molecular weight excluding hydrogens is 364 g/mol. The van der Waals surface area contributed by atoms with Crippen LogP contribution in [0.3, 0.4) is 0 Å². The minimum Gasteiger partial charge on any atom is -0.334 e. The zero-order chi connectivity index (χ0) is 19.3. The van der Waals surface area contributed by atoms with Crippen LogP contribution in [-0.2, 0) is 21.2 Å². The van der Waals surface area contributed by atoms with Crippen molar-refractivity contribution in [1.29, 1.82) is 5.26 Å². The number of rotatable bonds is 2. The van der Waals surface area contributed by atoms with E-state index >= 15 is 0 Å². The van der Waals surface area contributed by atoms with Crippen molar-refractivity contribution in [3.05, 3.63) is 35.5 Å². The van der Waals surface area contributed by atoms with E-state index in [1.54, 1.807) is 4.90 Å². The van der Waals surface area contributed by atoms with Crippen LogP contribution in [0.15, 0.2) is 24.3 Å². The number of likely N-dealkylation sites (N-methyl/N-ethyl adjacent to an activating group) is 1. The third-order valence-electron chi connectivity index (χ3n) is 5.91. The summed E-state index contributed by atoms with van der Waals surface area (Å²) >= 11 is 0. The molecule has 2 aliphatic rings. The van der Waals surface area contributed by atoms with Crippen LogP contribution in [0.4, 0.5) is 0 Å². The van der Waals surface area contributed by atoms with E-state index in [2.05, 4.69) is 6.07 Å².